The van der Waals surface area contributed by atoms with Gasteiger partial charge < -0.3 is 5.73 Å². The molecule has 3 nitrogen and oxygen atoms in total. The molecule has 0 atom stereocenters. The van der Waals surface area contributed by atoms with Crippen LogP contribution in [0.3, 0.4) is 0 Å². The quantitative estimate of drug-likeness (QED) is 0.861. The third-order valence-electron chi connectivity index (χ3n) is 2.12. The molecular weight excluding hydrogens is 254 g/mol. The number of anilines is 1. The maximum absolute atomic E-state index is 5.55. The van der Waals surface area contributed by atoms with Gasteiger partial charge in [-0.15, -0.1) is 10.2 Å². The van der Waals surface area contributed by atoms with Crippen LogP contribution < -0.4 is 5.73 Å². The van der Waals surface area contributed by atoms with Gasteiger partial charge in [0.05, 0.1) is 5.69 Å². The molecular formula is C11H10BrN3. The molecule has 2 N–H and O–H groups in total. The largest absolute Gasteiger partial charge is 0.382 e. The number of nitrogens with zero attached hydrogens (tertiary/aromatic N) is 2. The third-order valence-corrected chi connectivity index (χ3v) is 2.65. The highest BCUT2D eigenvalue weighted by Gasteiger charge is 2.04. The van der Waals surface area contributed by atoms with Crippen molar-refractivity contribution in [2.75, 3.05) is 5.73 Å². The van der Waals surface area contributed by atoms with Crippen LogP contribution in [0.1, 0.15) is 5.56 Å². The van der Waals surface area contributed by atoms with Gasteiger partial charge in [-0.3, -0.25) is 0 Å². The van der Waals surface area contributed by atoms with E-state index in [0.717, 1.165) is 21.3 Å². The van der Waals surface area contributed by atoms with Crippen molar-refractivity contribution >= 4 is 21.7 Å². The first kappa shape index (κ1) is 10.1. The highest BCUT2D eigenvalue weighted by atomic mass is 79.9. The SMILES string of the molecule is Cc1cc(N)nnc1-c1ccc(Br)cc1. The predicted octanol–water partition coefficient (Wildman–Crippen LogP) is 2.80. The highest BCUT2D eigenvalue weighted by Crippen LogP contribution is 2.22. The summed E-state index contributed by atoms with van der Waals surface area (Å²) >= 11 is 3.39. The second-order valence-corrected chi connectivity index (χ2v) is 4.22. The van der Waals surface area contributed by atoms with E-state index in [2.05, 4.69) is 26.1 Å². The Morgan fingerprint density at radius 1 is 1.13 bits per heavy atom. The molecule has 0 aliphatic heterocycles. The molecule has 1 heterocycles. The second kappa shape index (κ2) is 3.98. The van der Waals surface area contributed by atoms with E-state index in [1.54, 1.807) is 0 Å². The van der Waals surface area contributed by atoms with Gasteiger partial charge >= 0.3 is 0 Å². The molecule has 0 amide bonds. The maximum Gasteiger partial charge on any atom is 0.146 e. The van der Waals surface area contributed by atoms with Crippen LogP contribution in [-0.2, 0) is 0 Å². The molecule has 0 fully saturated rings. The van der Waals surface area contributed by atoms with Crippen molar-refractivity contribution in [3.8, 4) is 11.3 Å². The molecule has 0 radical (unpaired) electrons. The van der Waals surface area contributed by atoms with Crippen LogP contribution in [0.2, 0.25) is 0 Å². The van der Waals surface area contributed by atoms with Crippen LogP contribution in [0.4, 0.5) is 5.82 Å². The Balaban J connectivity index is 2.49. The molecule has 0 unspecified atom stereocenters. The normalized spacial score (nSPS) is 10.3. The predicted molar refractivity (Wildman–Crippen MR) is 64.3 cm³/mol. The number of aromatic nitrogens is 2. The maximum atomic E-state index is 5.55. The average molecular weight is 264 g/mol. The molecule has 0 spiro atoms. The van der Waals surface area contributed by atoms with Gasteiger partial charge in [0.1, 0.15) is 5.82 Å². The number of nitrogens with two attached hydrogens (primary N) is 1. The van der Waals surface area contributed by atoms with Gasteiger partial charge in [-0.25, -0.2) is 0 Å². The van der Waals surface area contributed by atoms with Gasteiger partial charge in [-0.05, 0) is 30.7 Å². The van der Waals surface area contributed by atoms with Gasteiger partial charge in [0, 0.05) is 10.0 Å². The van der Waals surface area contributed by atoms with E-state index in [0.29, 0.717) is 5.82 Å². The smallest absolute Gasteiger partial charge is 0.146 e. The van der Waals surface area contributed by atoms with Crippen molar-refractivity contribution in [2.24, 2.45) is 0 Å². The average Bonchev–Trinajstić information content (AvgIpc) is 2.20. The first-order valence-electron chi connectivity index (χ1n) is 4.52. The fourth-order valence-electron chi connectivity index (χ4n) is 1.40. The number of nitrogen functional groups attached to an aromatic ring is 1. The zero-order chi connectivity index (χ0) is 10.8. The van der Waals surface area contributed by atoms with Crippen LogP contribution in [0.25, 0.3) is 11.3 Å². The van der Waals surface area contributed by atoms with Gasteiger partial charge in [0.25, 0.3) is 0 Å². The van der Waals surface area contributed by atoms with E-state index in [9.17, 15) is 0 Å². The Morgan fingerprint density at radius 2 is 1.80 bits per heavy atom. The molecule has 0 aliphatic carbocycles. The Bertz CT molecular complexity index is 480. The number of benzene rings is 1. The summed E-state index contributed by atoms with van der Waals surface area (Å²) in [5.41, 5.74) is 8.50. The highest BCUT2D eigenvalue weighted by molar-refractivity contribution is 9.10. The summed E-state index contributed by atoms with van der Waals surface area (Å²) in [6, 6.07) is 9.78. The number of aryl methyl sites for hydroxylation is 1. The van der Waals surface area contributed by atoms with Crippen LogP contribution in [0.5, 0.6) is 0 Å². The number of hydrogen-bond acceptors (Lipinski definition) is 3. The van der Waals surface area contributed by atoms with Crippen molar-refractivity contribution in [1.29, 1.82) is 0 Å². The Hall–Kier alpha value is -1.42. The lowest BCUT2D eigenvalue weighted by Crippen LogP contribution is -1.97. The van der Waals surface area contributed by atoms with Crippen LogP contribution in [0.15, 0.2) is 34.8 Å². The van der Waals surface area contributed by atoms with E-state index < -0.39 is 0 Å². The molecule has 1 aromatic heterocycles. The molecule has 2 aromatic rings. The molecule has 1 aromatic carbocycles. The number of halogens is 1. The van der Waals surface area contributed by atoms with Gasteiger partial charge in [-0.2, -0.15) is 0 Å². The summed E-state index contributed by atoms with van der Waals surface area (Å²) in [5, 5.41) is 7.94. The minimum Gasteiger partial charge on any atom is -0.382 e. The summed E-state index contributed by atoms with van der Waals surface area (Å²) < 4.78 is 1.05. The Labute approximate surface area is 96.5 Å². The van der Waals surface area contributed by atoms with Crippen LogP contribution >= 0.6 is 15.9 Å². The molecule has 0 saturated heterocycles. The molecule has 15 heavy (non-hydrogen) atoms. The van der Waals surface area contributed by atoms with Crippen molar-refractivity contribution in [2.45, 2.75) is 6.92 Å². The topological polar surface area (TPSA) is 51.8 Å². The Kier molecular flexibility index (Phi) is 2.68. The third kappa shape index (κ3) is 2.15. The van der Waals surface area contributed by atoms with Crippen molar-refractivity contribution in [1.82, 2.24) is 10.2 Å². The van der Waals surface area contributed by atoms with Crippen molar-refractivity contribution in [3.05, 3.63) is 40.4 Å². The molecule has 4 heteroatoms. The fraction of sp³-hybridized carbons (Fsp3) is 0.0909. The molecule has 0 saturated carbocycles. The number of hydrogen-bond donors (Lipinski definition) is 1. The first-order valence-corrected chi connectivity index (χ1v) is 5.32. The molecule has 0 aliphatic rings. The van der Waals surface area contributed by atoms with E-state index in [1.165, 1.54) is 0 Å². The number of rotatable bonds is 1. The zero-order valence-corrected chi connectivity index (χ0v) is 9.82. The second-order valence-electron chi connectivity index (χ2n) is 3.31. The summed E-state index contributed by atoms with van der Waals surface area (Å²) in [5.74, 6) is 0.452. The van der Waals surface area contributed by atoms with Gasteiger partial charge in [0.15, 0.2) is 0 Å². The first-order chi connectivity index (χ1) is 7.16. The van der Waals surface area contributed by atoms with Gasteiger partial charge in [0.2, 0.25) is 0 Å². The van der Waals surface area contributed by atoms with E-state index in [4.69, 9.17) is 5.73 Å². The van der Waals surface area contributed by atoms with E-state index in [-0.39, 0.29) is 0 Å². The minimum atomic E-state index is 0.452. The zero-order valence-electron chi connectivity index (χ0n) is 8.24. The lowest BCUT2D eigenvalue weighted by Gasteiger charge is -2.04. The van der Waals surface area contributed by atoms with Gasteiger partial charge in [-0.1, -0.05) is 28.1 Å². The molecule has 0 bridgehead atoms. The summed E-state index contributed by atoms with van der Waals surface area (Å²) in [6.45, 7) is 1.97. The Morgan fingerprint density at radius 3 is 2.40 bits per heavy atom. The lowest BCUT2D eigenvalue weighted by molar-refractivity contribution is 1.03. The van der Waals surface area contributed by atoms with E-state index >= 15 is 0 Å². The standard InChI is InChI=1S/C11H10BrN3/c1-7-6-10(13)14-15-11(7)8-2-4-9(12)5-3-8/h2-6H,1H3,(H2,13,14). The van der Waals surface area contributed by atoms with Crippen molar-refractivity contribution in [3.63, 3.8) is 0 Å². The monoisotopic (exact) mass is 263 g/mol. The van der Waals surface area contributed by atoms with Crippen LogP contribution in [0, 0.1) is 6.92 Å². The van der Waals surface area contributed by atoms with Crippen molar-refractivity contribution < 1.29 is 0 Å². The lowest BCUT2D eigenvalue weighted by atomic mass is 10.1. The summed E-state index contributed by atoms with van der Waals surface area (Å²) in [7, 11) is 0. The summed E-state index contributed by atoms with van der Waals surface area (Å²) in [4.78, 5) is 0. The fourth-order valence-corrected chi connectivity index (χ4v) is 1.66. The molecule has 2 rings (SSSR count). The van der Waals surface area contributed by atoms with Crippen LogP contribution in [-0.4, -0.2) is 10.2 Å². The minimum absolute atomic E-state index is 0.452. The van der Waals surface area contributed by atoms with E-state index in [1.807, 2.05) is 37.3 Å². The summed E-state index contributed by atoms with van der Waals surface area (Å²) in [6.07, 6.45) is 0. The molecule has 76 valence electrons.